The minimum Gasteiger partial charge on any atom is -0.493 e. The van der Waals surface area contributed by atoms with Gasteiger partial charge in [-0.25, -0.2) is 0 Å². The standard InChI is InChI=1S/C15H13NO4/c1-2-20-14-9-8-12(16(18)19)10-13(14)15(17)11-6-4-3-5-7-11/h3-10H,2H2,1H3. The number of carbonyl (C=O) groups excluding carboxylic acids is 1. The average molecular weight is 271 g/mol. The molecular weight excluding hydrogens is 258 g/mol. The van der Waals surface area contributed by atoms with Crippen LogP contribution in [0.3, 0.4) is 0 Å². The van der Waals surface area contributed by atoms with Gasteiger partial charge in [-0.2, -0.15) is 0 Å². The van der Waals surface area contributed by atoms with Crippen LogP contribution in [-0.4, -0.2) is 17.3 Å². The molecule has 0 aromatic heterocycles. The number of hydrogen-bond acceptors (Lipinski definition) is 4. The van der Waals surface area contributed by atoms with Crippen LogP contribution in [0, 0.1) is 10.1 Å². The van der Waals surface area contributed by atoms with Crippen LogP contribution in [0.1, 0.15) is 22.8 Å². The lowest BCUT2D eigenvalue weighted by atomic mass is 10.0. The molecule has 0 saturated carbocycles. The number of benzene rings is 2. The van der Waals surface area contributed by atoms with Gasteiger partial charge >= 0.3 is 0 Å². The third-order valence-corrected chi connectivity index (χ3v) is 2.75. The van der Waals surface area contributed by atoms with E-state index in [9.17, 15) is 14.9 Å². The third-order valence-electron chi connectivity index (χ3n) is 2.75. The largest absolute Gasteiger partial charge is 0.493 e. The number of nitro groups is 1. The van der Waals surface area contributed by atoms with Gasteiger partial charge in [-0.05, 0) is 13.0 Å². The molecule has 0 aliphatic rings. The van der Waals surface area contributed by atoms with Gasteiger partial charge in [0.05, 0.1) is 17.1 Å². The van der Waals surface area contributed by atoms with Crippen molar-refractivity contribution < 1.29 is 14.5 Å². The molecule has 0 unspecified atom stereocenters. The fourth-order valence-electron chi connectivity index (χ4n) is 1.84. The Labute approximate surface area is 116 Å². The summed E-state index contributed by atoms with van der Waals surface area (Å²) in [6.07, 6.45) is 0. The van der Waals surface area contributed by atoms with E-state index in [4.69, 9.17) is 4.74 Å². The van der Waals surface area contributed by atoms with Crippen molar-refractivity contribution in [2.75, 3.05) is 6.61 Å². The first-order valence-corrected chi connectivity index (χ1v) is 6.14. The van der Waals surface area contributed by atoms with Crippen LogP contribution in [0.4, 0.5) is 5.69 Å². The topological polar surface area (TPSA) is 69.4 Å². The first-order valence-electron chi connectivity index (χ1n) is 6.14. The van der Waals surface area contributed by atoms with E-state index in [0.717, 1.165) is 0 Å². The van der Waals surface area contributed by atoms with Crippen molar-refractivity contribution in [1.82, 2.24) is 0 Å². The summed E-state index contributed by atoms with van der Waals surface area (Å²) >= 11 is 0. The SMILES string of the molecule is CCOc1ccc([N+](=O)[O-])cc1C(=O)c1ccccc1. The molecule has 5 nitrogen and oxygen atoms in total. The molecule has 0 radical (unpaired) electrons. The molecule has 0 N–H and O–H groups in total. The van der Waals surface area contributed by atoms with E-state index in [1.165, 1.54) is 18.2 Å². The fourth-order valence-corrected chi connectivity index (χ4v) is 1.84. The average Bonchev–Trinajstić information content (AvgIpc) is 2.48. The molecule has 2 aromatic carbocycles. The molecule has 0 fully saturated rings. The van der Waals surface area contributed by atoms with Gasteiger partial charge in [0.2, 0.25) is 0 Å². The number of hydrogen-bond donors (Lipinski definition) is 0. The molecule has 20 heavy (non-hydrogen) atoms. The maximum atomic E-state index is 12.4. The molecule has 0 atom stereocenters. The van der Waals surface area contributed by atoms with Crippen LogP contribution in [0.15, 0.2) is 48.5 Å². The second kappa shape index (κ2) is 5.97. The molecule has 2 aromatic rings. The van der Waals surface area contributed by atoms with E-state index in [0.29, 0.717) is 17.9 Å². The summed E-state index contributed by atoms with van der Waals surface area (Å²) in [6, 6.07) is 12.6. The molecule has 0 amide bonds. The summed E-state index contributed by atoms with van der Waals surface area (Å²) in [6.45, 7) is 2.17. The van der Waals surface area contributed by atoms with Crippen molar-refractivity contribution in [3.05, 3.63) is 69.8 Å². The van der Waals surface area contributed by atoms with Crippen LogP contribution >= 0.6 is 0 Å². The van der Waals surface area contributed by atoms with Crippen molar-refractivity contribution in [3.8, 4) is 5.75 Å². The zero-order valence-electron chi connectivity index (χ0n) is 10.9. The Kier molecular flexibility index (Phi) is 4.10. The van der Waals surface area contributed by atoms with E-state index < -0.39 is 4.92 Å². The van der Waals surface area contributed by atoms with Gasteiger partial charge in [0.25, 0.3) is 5.69 Å². The Morgan fingerprint density at radius 2 is 1.90 bits per heavy atom. The Bertz CT molecular complexity index is 638. The zero-order chi connectivity index (χ0) is 14.5. The molecule has 2 rings (SSSR count). The van der Waals surface area contributed by atoms with Crippen LogP contribution < -0.4 is 4.74 Å². The summed E-state index contributed by atoms with van der Waals surface area (Å²) in [5, 5.41) is 10.8. The quantitative estimate of drug-likeness (QED) is 0.475. The van der Waals surface area contributed by atoms with E-state index in [1.54, 1.807) is 37.3 Å². The highest BCUT2D eigenvalue weighted by Crippen LogP contribution is 2.26. The number of rotatable bonds is 5. The lowest BCUT2D eigenvalue weighted by Gasteiger charge is -2.09. The third kappa shape index (κ3) is 2.83. The number of carbonyl (C=O) groups is 1. The monoisotopic (exact) mass is 271 g/mol. The highest BCUT2D eigenvalue weighted by molar-refractivity contribution is 6.11. The highest BCUT2D eigenvalue weighted by atomic mass is 16.6. The zero-order valence-corrected chi connectivity index (χ0v) is 10.9. The minimum absolute atomic E-state index is 0.132. The molecule has 0 aliphatic carbocycles. The summed E-state index contributed by atoms with van der Waals surface area (Å²) < 4.78 is 5.37. The maximum Gasteiger partial charge on any atom is 0.270 e. The molecule has 0 saturated heterocycles. The molecule has 5 heteroatoms. The van der Waals surface area contributed by atoms with Crippen LogP contribution in [0.2, 0.25) is 0 Å². The molecular formula is C15H13NO4. The van der Waals surface area contributed by atoms with Crippen LogP contribution in [0.25, 0.3) is 0 Å². The van der Waals surface area contributed by atoms with Gasteiger partial charge in [-0.3, -0.25) is 14.9 Å². The molecule has 102 valence electrons. The van der Waals surface area contributed by atoms with Gasteiger partial charge in [0, 0.05) is 17.7 Å². The Balaban J connectivity index is 2.49. The summed E-state index contributed by atoms with van der Waals surface area (Å²) in [5.41, 5.74) is 0.536. The number of nitrogens with zero attached hydrogens (tertiary/aromatic N) is 1. The van der Waals surface area contributed by atoms with Gasteiger partial charge in [0.15, 0.2) is 5.78 Å². The smallest absolute Gasteiger partial charge is 0.270 e. The number of non-ortho nitro benzene ring substituents is 1. The summed E-state index contributed by atoms with van der Waals surface area (Å²) in [5.74, 6) is 0.0599. The number of ketones is 1. The second-order valence-electron chi connectivity index (χ2n) is 4.07. The Morgan fingerprint density at radius 3 is 2.50 bits per heavy atom. The van der Waals surface area contributed by atoms with Crippen molar-refractivity contribution in [3.63, 3.8) is 0 Å². The normalized spacial score (nSPS) is 10.1. The van der Waals surface area contributed by atoms with Crippen LogP contribution in [0.5, 0.6) is 5.75 Å². The van der Waals surface area contributed by atoms with Crippen LogP contribution in [-0.2, 0) is 0 Å². The molecule has 0 bridgehead atoms. The Morgan fingerprint density at radius 1 is 1.20 bits per heavy atom. The van der Waals surface area contributed by atoms with Gasteiger partial charge < -0.3 is 4.74 Å². The van der Waals surface area contributed by atoms with E-state index in [2.05, 4.69) is 0 Å². The molecule has 0 spiro atoms. The maximum absolute atomic E-state index is 12.4. The van der Waals surface area contributed by atoms with Crippen molar-refractivity contribution >= 4 is 11.5 Å². The van der Waals surface area contributed by atoms with Crippen molar-refractivity contribution in [2.45, 2.75) is 6.92 Å². The van der Waals surface area contributed by atoms with Gasteiger partial charge in [-0.1, -0.05) is 30.3 Å². The first-order chi connectivity index (χ1) is 9.63. The molecule has 0 aliphatic heterocycles. The fraction of sp³-hybridized carbons (Fsp3) is 0.133. The number of nitro benzene ring substituents is 1. The summed E-state index contributed by atoms with van der Waals surface area (Å²) in [7, 11) is 0. The lowest BCUT2D eigenvalue weighted by molar-refractivity contribution is -0.384. The predicted molar refractivity (Wildman–Crippen MR) is 74.1 cm³/mol. The first kappa shape index (κ1) is 13.7. The van der Waals surface area contributed by atoms with E-state index in [-0.39, 0.29) is 17.0 Å². The van der Waals surface area contributed by atoms with E-state index in [1.807, 2.05) is 0 Å². The van der Waals surface area contributed by atoms with Crippen molar-refractivity contribution in [2.24, 2.45) is 0 Å². The summed E-state index contributed by atoms with van der Waals surface area (Å²) in [4.78, 5) is 22.7. The second-order valence-corrected chi connectivity index (χ2v) is 4.07. The number of ether oxygens (including phenoxy) is 1. The van der Waals surface area contributed by atoms with E-state index >= 15 is 0 Å². The predicted octanol–water partition coefficient (Wildman–Crippen LogP) is 3.22. The lowest BCUT2D eigenvalue weighted by Crippen LogP contribution is -2.06. The highest BCUT2D eigenvalue weighted by Gasteiger charge is 2.18. The van der Waals surface area contributed by atoms with Gasteiger partial charge in [0.1, 0.15) is 5.75 Å². The molecule has 0 heterocycles. The van der Waals surface area contributed by atoms with Crippen molar-refractivity contribution in [1.29, 1.82) is 0 Å². The van der Waals surface area contributed by atoms with Gasteiger partial charge in [-0.15, -0.1) is 0 Å². The minimum atomic E-state index is -0.530. The Hall–Kier alpha value is -2.69.